The van der Waals surface area contributed by atoms with Crippen LogP contribution in [0.25, 0.3) is 0 Å². The average Bonchev–Trinajstić information content (AvgIpc) is 2.56. The summed E-state index contributed by atoms with van der Waals surface area (Å²) < 4.78 is 16.0. The Kier molecular flexibility index (Phi) is 13.6. The van der Waals surface area contributed by atoms with Crippen molar-refractivity contribution in [2.45, 2.75) is 70.4 Å². The van der Waals surface area contributed by atoms with Crippen molar-refractivity contribution in [3.63, 3.8) is 0 Å². The number of hydrogen-bond donors (Lipinski definition) is 2. The number of carbonyl (C=O) groups excluding carboxylic acids is 1. The molecule has 0 bridgehead atoms. The van der Waals surface area contributed by atoms with Crippen LogP contribution >= 0.6 is 0 Å². The molecule has 23 heavy (non-hydrogen) atoms. The van der Waals surface area contributed by atoms with E-state index in [0.29, 0.717) is 25.4 Å². The lowest BCUT2D eigenvalue weighted by atomic mass is 10.1. The van der Waals surface area contributed by atoms with E-state index >= 15 is 0 Å². The summed E-state index contributed by atoms with van der Waals surface area (Å²) in [5.41, 5.74) is 0. The molecular weight excluding hydrogens is 314 g/mol. The average molecular weight is 350 g/mol. The molecule has 0 aliphatic carbocycles. The third-order valence-electron chi connectivity index (χ3n) is 4.00. The zero-order valence-corrected chi connectivity index (χ0v) is 16.2. The number of aliphatic hydroxyl groups is 1. The van der Waals surface area contributed by atoms with Crippen LogP contribution in [0.2, 0.25) is 6.04 Å². The van der Waals surface area contributed by atoms with Gasteiger partial charge in [-0.05, 0) is 25.7 Å². The van der Waals surface area contributed by atoms with E-state index in [1.54, 1.807) is 21.3 Å². The number of aliphatic hydroxyl groups excluding tert-OH is 1. The maximum Gasteiger partial charge on any atom is 0.500 e. The summed E-state index contributed by atoms with van der Waals surface area (Å²) in [7, 11) is 2.23. The minimum Gasteiger partial charge on any atom is -0.393 e. The van der Waals surface area contributed by atoms with Crippen LogP contribution in [0.3, 0.4) is 0 Å². The molecule has 0 heterocycles. The monoisotopic (exact) mass is 349 g/mol. The van der Waals surface area contributed by atoms with Crippen molar-refractivity contribution in [1.82, 2.24) is 5.32 Å². The maximum atomic E-state index is 11.7. The zero-order valence-electron chi connectivity index (χ0n) is 15.2. The van der Waals surface area contributed by atoms with Crippen LogP contribution in [0.15, 0.2) is 0 Å². The third kappa shape index (κ3) is 10.8. The van der Waals surface area contributed by atoms with Crippen LogP contribution in [0, 0.1) is 0 Å². The van der Waals surface area contributed by atoms with Crippen LogP contribution in [-0.4, -0.2) is 53.8 Å². The van der Waals surface area contributed by atoms with Crippen LogP contribution < -0.4 is 5.32 Å². The van der Waals surface area contributed by atoms with Crippen molar-refractivity contribution >= 4 is 14.7 Å². The standard InChI is InChI=1S/C16H35NO5Si/c1-5-6-7-10-15(18)11-8-12-16(19)17-13-9-14-23(20-2,21-3)22-4/h15,18H,5-14H2,1-4H3,(H,17,19). The maximum absolute atomic E-state index is 11.7. The first-order valence-electron chi connectivity index (χ1n) is 8.63. The molecule has 0 fully saturated rings. The normalized spacial score (nSPS) is 13.1. The van der Waals surface area contributed by atoms with Gasteiger partial charge in [0.15, 0.2) is 0 Å². The lowest BCUT2D eigenvalue weighted by Crippen LogP contribution is -2.43. The largest absolute Gasteiger partial charge is 0.500 e. The van der Waals surface area contributed by atoms with Gasteiger partial charge in [-0.25, -0.2) is 0 Å². The molecule has 0 aromatic rings. The van der Waals surface area contributed by atoms with Gasteiger partial charge in [-0.2, -0.15) is 0 Å². The zero-order chi connectivity index (χ0) is 17.6. The molecule has 2 N–H and O–H groups in total. The van der Waals surface area contributed by atoms with Crippen molar-refractivity contribution in [3.05, 3.63) is 0 Å². The van der Waals surface area contributed by atoms with Gasteiger partial charge in [-0.3, -0.25) is 4.79 Å². The molecule has 138 valence electrons. The molecule has 0 saturated carbocycles. The van der Waals surface area contributed by atoms with E-state index < -0.39 is 8.80 Å². The van der Waals surface area contributed by atoms with Gasteiger partial charge in [-0.1, -0.05) is 26.2 Å². The number of carbonyl (C=O) groups is 1. The van der Waals surface area contributed by atoms with Crippen molar-refractivity contribution in [2.24, 2.45) is 0 Å². The Balaban J connectivity index is 3.68. The highest BCUT2D eigenvalue weighted by molar-refractivity contribution is 6.60. The van der Waals surface area contributed by atoms with Crippen LogP contribution in [-0.2, 0) is 18.1 Å². The molecule has 7 heteroatoms. The molecular formula is C16H35NO5Si. The highest BCUT2D eigenvalue weighted by Crippen LogP contribution is 2.14. The Labute approximate surface area is 142 Å². The minimum atomic E-state index is -2.53. The molecule has 0 aliphatic rings. The minimum absolute atomic E-state index is 0.0327. The first-order valence-corrected chi connectivity index (χ1v) is 10.6. The number of amides is 1. The van der Waals surface area contributed by atoms with Gasteiger partial charge < -0.3 is 23.7 Å². The van der Waals surface area contributed by atoms with Gasteiger partial charge in [0, 0.05) is 40.3 Å². The van der Waals surface area contributed by atoms with E-state index in [-0.39, 0.29) is 12.0 Å². The Morgan fingerprint density at radius 1 is 1.04 bits per heavy atom. The molecule has 0 aliphatic heterocycles. The SMILES string of the molecule is CCCCCC(O)CCCC(=O)NCCC[Si](OC)(OC)OC. The summed E-state index contributed by atoms with van der Waals surface area (Å²) in [6.45, 7) is 2.73. The van der Waals surface area contributed by atoms with Gasteiger partial charge in [0.1, 0.15) is 0 Å². The predicted molar refractivity (Wildman–Crippen MR) is 93.2 cm³/mol. The summed E-state index contributed by atoms with van der Waals surface area (Å²) >= 11 is 0. The predicted octanol–water partition coefficient (Wildman–Crippen LogP) is 2.48. The smallest absolute Gasteiger partial charge is 0.393 e. The van der Waals surface area contributed by atoms with Gasteiger partial charge in [0.25, 0.3) is 0 Å². The van der Waals surface area contributed by atoms with Crippen LogP contribution in [0.5, 0.6) is 0 Å². The first-order chi connectivity index (χ1) is 11.0. The molecule has 0 saturated heterocycles. The van der Waals surface area contributed by atoms with E-state index in [9.17, 15) is 9.90 Å². The molecule has 1 atom stereocenters. The van der Waals surface area contributed by atoms with Crippen LogP contribution in [0.4, 0.5) is 0 Å². The molecule has 1 amide bonds. The Morgan fingerprint density at radius 3 is 2.22 bits per heavy atom. The van der Waals surface area contributed by atoms with Crippen molar-refractivity contribution < 1.29 is 23.2 Å². The Bertz CT molecular complexity index is 292. The summed E-state index contributed by atoms with van der Waals surface area (Å²) in [6, 6.07) is 0.674. The molecule has 0 aromatic heterocycles. The number of unbranched alkanes of at least 4 members (excludes halogenated alkanes) is 2. The van der Waals surface area contributed by atoms with E-state index in [1.165, 1.54) is 0 Å². The van der Waals surface area contributed by atoms with E-state index in [2.05, 4.69) is 12.2 Å². The quantitative estimate of drug-likeness (QED) is 0.351. The summed E-state index contributed by atoms with van der Waals surface area (Å²) in [5.74, 6) is 0.0327. The summed E-state index contributed by atoms with van der Waals surface area (Å²) in [6.07, 6.45) is 6.60. The first kappa shape index (κ1) is 22.5. The topological polar surface area (TPSA) is 77.0 Å². The Hall–Kier alpha value is -0.473. The fraction of sp³-hybridized carbons (Fsp3) is 0.938. The van der Waals surface area contributed by atoms with E-state index in [0.717, 1.165) is 38.5 Å². The molecule has 6 nitrogen and oxygen atoms in total. The number of rotatable bonds is 15. The van der Waals surface area contributed by atoms with Crippen LogP contribution in [0.1, 0.15) is 58.3 Å². The van der Waals surface area contributed by atoms with Crippen molar-refractivity contribution in [3.8, 4) is 0 Å². The second-order valence-corrected chi connectivity index (χ2v) is 8.88. The van der Waals surface area contributed by atoms with E-state index in [1.807, 2.05) is 0 Å². The van der Waals surface area contributed by atoms with Crippen molar-refractivity contribution in [2.75, 3.05) is 27.9 Å². The molecule has 1 unspecified atom stereocenters. The summed E-state index contributed by atoms with van der Waals surface area (Å²) in [4.78, 5) is 11.7. The molecule has 0 spiro atoms. The fourth-order valence-electron chi connectivity index (χ4n) is 2.45. The highest BCUT2D eigenvalue weighted by atomic mass is 28.4. The van der Waals surface area contributed by atoms with Gasteiger partial charge in [0.2, 0.25) is 5.91 Å². The summed E-state index contributed by atoms with van der Waals surface area (Å²) in [5, 5.41) is 12.7. The lowest BCUT2D eigenvalue weighted by molar-refractivity contribution is -0.121. The van der Waals surface area contributed by atoms with Gasteiger partial charge in [0.05, 0.1) is 6.10 Å². The highest BCUT2D eigenvalue weighted by Gasteiger charge is 2.36. The van der Waals surface area contributed by atoms with Crippen molar-refractivity contribution in [1.29, 1.82) is 0 Å². The molecule has 0 rings (SSSR count). The second kappa shape index (κ2) is 13.9. The molecule has 0 radical (unpaired) electrons. The van der Waals surface area contributed by atoms with Gasteiger partial charge in [-0.15, -0.1) is 0 Å². The second-order valence-electron chi connectivity index (χ2n) is 5.79. The fourth-order valence-corrected chi connectivity index (χ4v) is 4.17. The molecule has 0 aromatic carbocycles. The lowest BCUT2D eigenvalue weighted by Gasteiger charge is -2.24. The number of hydrogen-bond acceptors (Lipinski definition) is 5. The van der Waals surface area contributed by atoms with E-state index in [4.69, 9.17) is 13.3 Å². The number of nitrogens with one attached hydrogen (secondary N) is 1. The Morgan fingerprint density at radius 2 is 1.65 bits per heavy atom. The van der Waals surface area contributed by atoms with Gasteiger partial charge >= 0.3 is 8.80 Å². The third-order valence-corrected chi connectivity index (χ3v) is 6.83.